The fourth-order valence-corrected chi connectivity index (χ4v) is 1.17. The largest absolute Gasteiger partial charge is 0.391 e. The molecule has 0 aliphatic heterocycles. The van der Waals surface area contributed by atoms with Crippen LogP contribution in [0.1, 0.15) is 6.92 Å². The van der Waals surface area contributed by atoms with E-state index in [1.54, 1.807) is 14.0 Å². The zero-order valence-corrected chi connectivity index (χ0v) is 7.69. The number of rotatable bonds is 2. The van der Waals surface area contributed by atoms with Crippen molar-refractivity contribution in [3.8, 4) is 0 Å². The van der Waals surface area contributed by atoms with Crippen LogP contribution in [0.4, 0.5) is 11.5 Å². The summed E-state index contributed by atoms with van der Waals surface area (Å²) in [5, 5.41) is 9.12. The van der Waals surface area contributed by atoms with Crippen LogP contribution in [0.2, 0.25) is 0 Å². The van der Waals surface area contributed by atoms with Crippen LogP contribution in [0.3, 0.4) is 0 Å². The Labute approximate surface area is 75.3 Å². The predicted molar refractivity (Wildman–Crippen MR) is 50.2 cm³/mol. The molecule has 1 heterocycles. The molecule has 1 atom stereocenters. The summed E-state index contributed by atoms with van der Waals surface area (Å²) in [4.78, 5) is 11.2. The first-order valence-electron chi connectivity index (χ1n) is 3.94. The van der Waals surface area contributed by atoms with E-state index in [1.807, 2.05) is 0 Å². The highest BCUT2D eigenvalue weighted by molar-refractivity contribution is 5.57. The molecule has 74 valence electrons. The predicted octanol–water partition coefficient (Wildman–Crippen LogP) is -1.27. The molecule has 0 saturated heterocycles. The third-order valence-electron chi connectivity index (χ3n) is 1.88. The normalized spacial score (nSPS) is 13.2. The number of hydrogen-bond donors (Lipinski definition) is 3. The van der Waals surface area contributed by atoms with Crippen LogP contribution in [0, 0.1) is 0 Å². The summed E-state index contributed by atoms with van der Waals surface area (Å²) in [7, 11) is 1.55. The van der Waals surface area contributed by atoms with E-state index in [4.69, 9.17) is 16.6 Å². The second-order valence-electron chi connectivity index (χ2n) is 3.06. The Balaban J connectivity index is 3.21. The highest BCUT2D eigenvalue weighted by atomic mass is 16.3. The van der Waals surface area contributed by atoms with Gasteiger partial charge < -0.3 is 16.6 Å². The fraction of sp³-hybridized carbons (Fsp3) is 0.571. The highest BCUT2D eigenvalue weighted by Crippen LogP contribution is 2.09. The Bertz CT molecular complexity index is 363. The molecule has 6 heteroatoms. The van der Waals surface area contributed by atoms with E-state index in [9.17, 15) is 4.79 Å². The molecule has 0 fully saturated rings. The zero-order valence-electron chi connectivity index (χ0n) is 7.69. The van der Waals surface area contributed by atoms with Crippen molar-refractivity contribution in [2.75, 3.05) is 11.5 Å². The van der Waals surface area contributed by atoms with Crippen LogP contribution in [-0.4, -0.2) is 20.6 Å². The van der Waals surface area contributed by atoms with E-state index in [-0.39, 0.29) is 23.6 Å². The minimum Gasteiger partial charge on any atom is -0.391 e. The molecular weight excluding hydrogens is 172 g/mol. The van der Waals surface area contributed by atoms with Crippen LogP contribution in [0.15, 0.2) is 4.79 Å². The summed E-state index contributed by atoms with van der Waals surface area (Å²) in [5.41, 5.74) is 10.7. The van der Waals surface area contributed by atoms with Gasteiger partial charge in [0, 0.05) is 7.05 Å². The lowest BCUT2D eigenvalue weighted by Gasteiger charge is -2.10. The summed E-state index contributed by atoms with van der Waals surface area (Å²) >= 11 is 0. The van der Waals surface area contributed by atoms with Crippen LogP contribution in [0.5, 0.6) is 0 Å². The van der Waals surface area contributed by atoms with Gasteiger partial charge in [0.15, 0.2) is 0 Å². The van der Waals surface area contributed by atoms with Gasteiger partial charge in [-0.15, -0.1) is 0 Å². The molecule has 6 nitrogen and oxygen atoms in total. The van der Waals surface area contributed by atoms with Crippen LogP contribution >= 0.6 is 0 Å². The number of aliphatic hydroxyl groups is 1. The molecule has 5 N–H and O–H groups in total. The number of nitrogens with zero attached hydrogens (tertiary/aromatic N) is 2. The van der Waals surface area contributed by atoms with Gasteiger partial charge in [0.05, 0.1) is 12.6 Å². The Hall–Kier alpha value is -1.43. The monoisotopic (exact) mass is 186 g/mol. The molecule has 1 aromatic heterocycles. The minimum absolute atomic E-state index is 0.0307. The van der Waals surface area contributed by atoms with Crippen molar-refractivity contribution in [3.05, 3.63) is 10.4 Å². The lowest BCUT2D eigenvalue weighted by Crippen LogP contribution is -2.24. The molecule has 0 aliphatic carbocycles. The van der Waals surface area contributed by atoms with E-state index in [0.29, 0.717) is 0 Å². The van der Waals surface area contributed by atoms with Gasteiger partial charge in [-0.05, 0) is 6.92 Å². The summed E-state index contributed by atoms with van der Waals surface area (Å²) in [6, 6.07) is 0. The molecule has 0 radical (unpaired) electrons. The Morgan fingerprint density at radius 3 is 2.38 bits per heavy atom. The number of nitrogen functional groups attached to an aromatic ring is 2. The topological polar surface area (TPSA) is 99.2 Å². The molecule has 1 rings (SSSR count). The third-order valence-corrected chi connectivity index (χ3v) is 1.88. The van der Waals surface area contributed by atoms with Crippen molar-refractivity contribution in [2.24, 2.45) is 7.05 Å². The summed E-state index contributed by atoms with van der Waals surface area (Å²) in [5.74, 6) is 0.202. The second kappa shape index (κ2) is 3.14. The Kier molecular flexibility index (Phi) is 2.33. The molecular formula is C7H14N4O2. The van der Waals surface area contributed by atoms with Crippen molar-refractivity contribution in [3.63, 3.8) is 0 Å². The van der Waals surface area contributed by atoms with Gasteiger partial charge in [0.25, 0.3) is 5.56 Å². The van der Waals surface area contributed by atoms with E-state index in [0.717, 1.165) is 0 Å². The van der Waals surface area contributed by atoms with Gasteiger partial charge in [0.2, 0.25) is 0 Å². The van der Waals surface area contributed by atoms with Gasteiger partial charge in [-0.2, -0.15) is 0 Å². The zero-order chi connectivity index (χ0) is 10.2. The number of nitrogens with two attached hydrogens (primary N) is 2. The molecule has 0 amide bonds. The first-order chi connectivity index (χ1) is 5.95. The molecule has 1 unspecified atom stereocenters. The molecule has 0 spiro atoms. The average Bonchev–Trinajstić information content (AvgIpc) is 2.22. The molecule has 13 heavy (non-hydrogen) atoms. The summed E-state index contributed by atoms with van der Waals surface area (Å²) < 4.78 is 2.74. The number of aromatic nitrogens is 2. The first-order valence-corrected chi connectivity index (χ1v) is 3.94. The molecule has 0 aromatic carbocycles. The van der Waals surface area contributed by atoms with Crippen molar-refractivity contribution in [1.82, 2.24) is 9.36 Å². The smallest absolute Gasteiger partial charge is 0.291 e. The maximum Gasteiger partial charge on any atom is 0.291 e. The quantitative estimate of drug-likeness (QED) is 0.536. The number of anilines is 2. The number of hydrogen-bond acceptors (Lipinski definition) is 4. The number of aliphatic hydroxyl groups excluding tert-OH is 1. The van der Waals surface area contributed by atoms with Gasteiger partial charge in [-0.3, -0.25) is 14.2 Å². The lowest BCUT2D eigenvalue weighted by molar-refractivity contribution is 0.163. The highest BCUT2D eigenvalue weighted by Gasteiger charge is 2.13. The summed E-state index contributed by atoms with van der Waals surface area (Å²) in [6.45, 7) is 1.87. The average molecular weight is 186 g/mol. The van der Waals surface area contributed by atoms with Gasteiger partial charge in [-0.1, -0.05) is 0 Å². The summed E-state index contributed by atoms with van der Waals surface area (Å²) in [6.07, 6.45) is -0.570. The molecule has 1 aromatic rings. The standard InChI is InChI=1S/C7H14N4O2/c1-4(12)3-11-6(9)5(8)7(13)10(11)2/h4,12H,3,8-9H2,1-2H3. The Morgan fingerprint density at radius 2 is 2.08 bits per heavy atom. The third kappa shape index (κ3) is 1.52. The van der Waals surface area contributed by atoms with E-state index >= 15 is 0 Å². The molecule has 0 aliphatic rings. The second-order valence-corrected chi connectivity index (χ2v) is 3.06. The van der Waals surface area contributed by atoms with Crippen molar-refractivity contribution in [1.29, 1.82) is 0 Å². The van der Waals surface area contributed by atoms with Crippen LogP contribution in [0.25, 0.3) is 0 Å². The van der Waals surface area contributed by atoms with Crippen molar-refractivity contribution < 1.29 is 5.11 Å². The van der Waals surface area contributed by atoms with E-state index in [2.05, 4.69) is 0 Å². The van der Waals surface area contributed by atoms with Crippen molar-refractivity contribution >= 4 is 11.5 Å². The SMILES string of the molecule is CC(O)Cn1c(N)c(N)c(=O)n1C. The van der Waals surface area contributed by atoms with Crippen LogP contribution in [-0.2, 0) is 13.6 Å². The van der Waals surface area contributed by atoms with Crippen LogP contribution < -0.4 is 17.0 Å². The maximum absolute atomic E-state index is 11.2. The Morgan fingerprint density at radius 1 is 1.54 bits per heavy atom. The first kappa shape index (κ1) is 9.66. The van der Waals surface area contributed by atoms with Gasteiger partial charge >= 0.3 is 0 Å². The maximum atomic E-state index is 11.2. The van der Waals surface area contributed by atoms with E-state index < -0.39 is 6.10 Å². The fourth-order valence-electron chi connectivity index (χ4n) is 1.17. The molecule has 0 bridgehead atoms. The van der Waals surface area contributed by atoms with Gasteiger partial charge in [0.1, 0.15) is 11.5 Å². The van der Waals surface area contributed by atoms with Gasteiger partial charge in [-0.25, -0.2) is 0 Å². The van der Waals surface area contributed by atoms with E-state index in [1.165, 1.54) is 9.36 Å². The molecule has 0 saturated carbocycles. The minimum atomic E-state index is -0.570. The lowest BCUT2D eigenvalue weighted by atomic mass is 10.4. The van der Waals surface area contributed by atoms with Crippen molar-refractivity contribution in [2.45, 2.75) is 19.6 Å².